The van der Waals surface area contributed by atoms with Gasteiger partial charge in [-0.15, -0.1) is 0 Å². The van der Waals surface area contributed by atoms with Gasteiger partial charge < -0.3 is 19.5 Å². The maximum atomic E-state index is 12.9. The molecule has 7 heteroatoms. The van der Waals surface area contributed by atoms with E-state index in [0.29, 0.717) is 6.42 Å². The summed E-state index contributed by atoms with van der Waals surface area (Å²) in [6, 6.07) is -0.0828. The molecule has 1 saturated heterocycles. The van der Waals surface area contributed by atoms with Gasteiger partial charge in [0.2, 0.25) is 0 Å². The van der Waals surface area contributed by atoms with Crippen LogP contribution in [0.3, 0.4) is 0 Å². The number of hydrogen-bond acceptors (Lipinski definition) is 7. The van der Waals surface area contributed by atoms with Gasteiger partial charge in [-0.3, -0.25) is 14.4 Å². The van der Waals surface area contributed by atoms with Gasteiger partial charge in [-0.2, -0.15) is 0 Å². The first-order chi connectivity index (χ1) is 13.3. The second-order valence-electron chi connectivity index (χ2n) is 9.46. The predicted molar refractivity (Wildman–Crippen MR) is 99.0 cm³/mol. The van der Waals surface area contributed by atoms with Crippen molar-refractivity contribution in [3.05, 3.63) is 0 Å². The smallest absolute Gasteiger partial charge is 0.313 e. The third-order valence-corrected chi connectivity index (χ3v) is 7.69. The number of carbonyl (C=O) groups is 3. The topological polar surface area (TPSA) is 90.9 Å². The number of fused-ring (bicyclic) bond motifs is 1. The minimum Gasteiger partial charge on any atom is -0.462 e. The van der Waals surface area contributed by atoms with Gasteiger partial charge in [0.15, 0.2) is 0 Å². The second kappa shape index (κ2) is 7.01. The summed E-state index contributed by atoms with van der Waals surface area (Å²) in [5.41, 5.74) is -0.738. The van der Waals surface area contributed by atoms with Crippen LogP contribution in [-0.2, 0) is 28.6 Å². The van der Waals surface area contributed by atoms with Gasteiger partial charge in [-0.25, -0.2) is 0 Å². The van der Waals surface area contributed by atoms with E-state index < -0.39 is 29.5 Å². The molecule has 1 aliphatic heterocycles. The number of ether oxygens (including phenoxy) is 3. The Morgan fingerprint density at radius 2 is 1.86 bits per heavy atom. The van der Waals surface area contributed by atoms with Gasteiger partial charge in [-0.05, 0) is 59.9 Å². The zero-order chi connectivity index (χ0) is 20.2. The summed E-state index contributed by atoms with van der Waals surface area (Å²) in [5.74, 6) is -2.25. The zero-order valence-corrected chi connectivity index (χ0v) is 17.1. The molecule has 1 heterocycles. The van der Waals surface area contributed by atoms with Crippen LogP contribution in [0.4, 0.5) is 0 Å². The highest BCUT2D eigenvalue weighted by Gasteiger charge is 2.70. The largest absolute Gasteiger partial charge is 0.462 e. The number of rotatable bonds is 6. The van der Waals surface area contributed by atoms with E-state index in [1.165, 1.54) is 0 Å². The Kier molecular flexibility index (Phi) is 4.92. The number of carbonyl (C=O) groups excluding carboxylic acids is 3. The van der Waals surface area contributed by atoms with Crippen LogP contribution in [-0.4, -0.2) is 49.3 Å². The summed E-state index contributed by atoms with van der Waals surface area (Å²) >= 11 is 0. The fourth-order valence-corrected chi connectivity index (χ4v) is 5.53. The molecule has 4 aliphatic rings. The van der Waals surface area contributed by atoms with Gasteiger partial charge in [0, 0.05) is 17.9 Å². The first kappa shape index (κ1) is 19.7. The third kappa shape index (κ3) is 2.93. The second-order valence-corrected chi connectivity index (χ2v) is 9.46. The lowest BCUT2D eigenvalue weighted by atomic mass is 9.78. The van der Waals surface area contributed by atoms with Crippen molar-refractivity contribution in [3.63, 3.8) is 0 Å². The van der Waals surface area contributed by atoms with Crippen molar-refractivity contribution in [2.75, 3.05) is 7.05 Å². The van der Waals surface area contributed by atoms with Crippen molar-refractivity contribution >= 4 is 17.9 Å². The Hall–Kier alpha value is -1.63. The molecule has 4 fully saturated rings. The van der Waals surface area contributed by atoms with E-state index in [4.69, 9.17) is 14.2 Å². The van der Waals surface area contributed by atoms with Crippen molar-refractivity contribution < 1.29 is 28.6 Å². The minimum atomic E-state index is -0.738. The van der Waals surface area contributed by atoms with Crippen LogP contribution in [0.1, 0.15) is 52.9 Å². The van der Waals surface area contributed by atoms with Crippen LogP contribution in [0.15, 0.2) is 0 Å². The van der Waals surface area contributed by atoms with E-state index in [-0.39, 0.29) is 41.9 Å². The van der Waals surface area contributed by atoms with Crippen LogP contribution >= 0.6 is 0 Å². The summed E-state index contributed by atoms with van der Waals surface area (Å²) in [7, 11) is 1.80. The summed E-state index contributed by atoms with van der Waals surface area (Å²) in [5, 5.41) is 3.09. The molecule has 0 aromatic carbocycles. The molecule has 3 aliphatic carbocycles. The van der Waals surface area contributed by atoms with Crippen LogP contribution < -0.4 is 5.32 Å². The maximum absolute atomic E-state index is 12.9. The lowest BCUT2D eigenvalue weighted by molar-refractivity contribution is -0.175. The number of esters is 3. The highest BCUT2D eigenvalue weighted by molar-refractivity contribution is 5.86. The molecule has 28 heavy (non-hydrogen) atoms. The zero-order valence-electron chi connectivity index (χ0n) is 17.1. The number of nitrogens with one attached hydrogen (secondary N) is 1. The van der Waals surface area contributed by atoms with Gasteiger partial charge in [-0.1, -0.05) is 0 Å². The van der Waals surface area contributed by atoms with Gasteiger partial charge in [0.05, 0.1) is 17.3 Å². The summed E-state index contributed by atoms with van der Waals surface area (Å²) in [6.07, 6.45) is 3.55. The predicted octanol–water partition coefficient (Wildman–Crippen LogP) is 1.83. The van der Waals surface area contributed by atoms with Gasteiger partial charge in [0.1, 0.15) is 18.3 Å². The Labute approximate surface area is 165 Å². The first-order valence-corrected chi connectivity index (χ1v) is 10.5. The minimum absolute atomic E-state index is 0.0451. The van der Waals surface area contributed by atoms with Crippen LogP contribution in [0.25, 0.3) is 0 Å². The van der Waals surface area contributed by atoms with E-state index >= 15 is 0 Å². The Balaban J connectivity index is 1.51. The van der Waals surface area contributed by atoms with Crippen molar-refractivity contribution in [2.24, 2.45) is 29.1 Å². The van der Waals surface area contributed by atoms with Crippen molar-refractivity contribution in [2.45, 2.75) is 77.2 Å². The first-order valence-electron chi connectivity index (χ1n) is 10.5. The van der Waals surface area contributed by atoms with Crippen molar-refractivity contribution in [1.82, 2.24) is 5.32 Å². The normalized spacial score (nSPS) is 37.8. The number of hydrogen-bond donors (Lipinski definition) is 1. The van der Waals surface area contributed by atoms with E-state index in [1.54, 1.807) is 7.05 Å². The molecule has 0 aromatic heterocycles. The molecular weight excluding hydrogens is 362 g/mol. The van der Waals surface area contributed by atoms with E-state index in [1.807, 2.05) is 20.8 Å². The lowest BCUT2D eigenvalue weighted by Crippen LogP contribution is -2.49. The third-order valence-electron chi connectivity index (χ3n) is 7.69. The molecule has 7 atom stereocenters. The van der Waals surface area contributed by atoms with Crippen molar-refractivity contribution in [3.8, 4) is 0 Å². The highest BCUT2D eigenvalue weighted by atomic mass is 16.6. The molecular formula is C21H31NO6. The summed E-state index contributed by atoms with van der Waals surface area (Å²) < 4.78 is 17.2. The summed E-state index contributed by atoms with van der Waals surface area (Å²) in [4.78, 5) is 38.3. The van der Waals surface area contributed by atoms with E-state index in [9.17, 15) is 14.4 Å². The molecule has 0 aromatic rings. The Bertz CT molecular complexity index is 670. The fourth-order valence-electron chi connectivity index (χ4n) is 5.53. The Morgan fingerprint density at radius 1 is 1.18 bits per heavy atom. The molecule has 3 saturated carbocycles. The molecule has 2 bridgehead atoms. The molecule has 0 spiro atoms. The van der Waals surface area contributed by atoms with E-state index in [0.717, 1.165) is 25.7 Å². The average Bonchev–Trinajstić information content (AvgIpc) is 3.39. The lowest BCUT2D eigenvalue weighted by Gasteiger charge is -2.35. The molecule has 0 radical (unpaired) electrons. The SMILES string of the molecule is CNC(C)C(C)(C)C(=O)OC1C2CC3C1OC(=O)C3C2C(=O)OC1CCCC1. The standard InChI is InChI=1S/C21H31NO6/c1-10(22-4)21(2,3)20(25)28-17-13-9-12-15(19(24)27-16(12)17)14(13)18(23)26-11-7-5-6-8-11/h10-17,22H,5-9H2,1-4H3. The summed E-state index contributed by atoms with van der Waals surface area (Å²) in [6.45, 7) is 5.59. The fraction of sp³-hybridized carbons (Fsp3) is 0.857. The monoisotopic (exact) mass is 393 g/mol. The molecule has 1 N–H and O–H groups in total. The van der Waals surface area contributed by atoms with Gasteiger partial charge >= 0.3 is 17.9 Å². The maximum Gasteiger partial charge on any atom is 0.313 e. The van der Waals surface area contributed by atoms with E-state index in [2.05, 4.69) is 5.32 Å². The van der Waals surface area contributed by atoms with Crippen LogP contribution in [0.2, 0.25) is 0 Å². The molecule has 7 nitrogen and oxygen atoms in total. The molecule has 4 rings (SSSR count). The quantitative estimate of drug-likeness (QED) is 0.544. The van der Waals surface area contributed by atoms with Crippen LogP contribution in [0.5, 0.6) is 0 Å². The van der Waals surface area contributed by atoms with Gasteiger partial charge in [0.25, 0.3) is 0 Å². The molecule has 0 amide bonds. The average molecular weight is 393 g/mol. The molecule has 156 valence electrons. The highest BCUT2D eigenvalue weighted by Crippen LogP contribution is 2.59. The molecule has 7 unspecified atom stereocenters. The van der Waals surface area contributed by atoms with Crippen LogP contribution in [0, 0.1) is 29.1 Å². The Morgan fingerprint density at radius 3 is 2.50 bits per heavy atom. The van der Waals surface area contributed by atoms with Crippen molar-refractivity contribution in [1.29, 1.82) is 0 Å².